The second-order valence-electron chi connectivity index (χ2n) is 9.47. The van der Waals surface area contributed by atoms with Crippen LogP contribution < -0.4 is 0 Å². The lowest BCUT2D eigenvalue weighted by Crippen LogP contribution is -2.36. The number of ether oxygens (including phenoxy) is 1. The summed E-state index contributed by atoms with van der Waals surface area (Å²) in [7, 11) is 1.74. The van der Waals surface area contributed by atoms with E-state index >= 15 is 0 Å². The fraction of sp³-hybridized carbons (Fsp3) is 0.600. The van der Waals surface area contributed by atoms with Crippen molar-refractivity contribution in [3.8, 4) is 0 Å². The largest absolute Gasteiger partial charge is 0.392 e. The molecule has 1 aromatic carbocycles. The Morgan fingerprint density at radius 3 is 2.38 bits per heavy atom. The minimum Gasteiger partial charge on any atom is -0.392 e. The van der Waals surface area contributed by atoms with Crippen molar-refractivity contribution in [3.63, 3.8) is 0 Å². The number of hydrogen-bond acceptors (Lipinski definition) is 3. The standard InChI is InChI=1S/C25H40N2O2/c1-20(2)24(28)19-26(14-8-16-29-6)18-23-9-7-15-27(23)17-21-10-12-22(13-11-21)25(3,4)5/h7,9-13,15,20,24,28H,8,14,16-19H2,1-6H3. The molecule has 0 saturated carbocycles. The molecule has 4 nitrogen and oxygen atoms in total. The van der Waals surface area contributed by atoms with Gasteiger partial charge in [0.2, 0.25) is 0 Å². The van der Waals surface area contributed by atoms with Crippen molar-refractivity contribution >= 4 is 0 Å². The Bertz CT molecular complexity index is 713. The molecule has 1 N–H and O–H groups in total. The van der Waals surface area contributed by atoms with E-state index in [1.165, 1.54) is 16.8 Å². The lowest BCUT2D eigenvalue weighted by Gasteiger charge is -2.27. The van der Waals surface area contributed by atoms with Crippen LogP contribution in [0.4, 0.5) is 0 Å². The highest BCUT2D eigenvalue weighted by atomic mass is 16.5. The first-order valence-corrected chi connectivity index (χ1v) is 10.8. The molecule has 0 spiro atoms. The summed E-state index contributed by atoms with van der Waals surface area (Å²) in [6.07, 6.45) is 2.81. The fourth-order valence-corrected chi connectivity index (χ4v) is 3.43. The van der Waals surface area contributed by atoms with Gasteiger partial charge in [0.25, 0.3) is 0 Å². The minimum atomic E-state index is -0.314. The topological polar surface area (TPSA) is 37.6 Å². The van der Waals surface area contributed by atoms with Crippen LogP contribution in [-0.2, 0) is 23.2 Å². The molecule has 29 heavy (non-hydrogen) atoms. The van der Waals surface area contributed by atoms with E-state index in [0.29, 0.717) is 6.54 Å². The summed E-state index contributed by atoms with van der Waals surface area (Å²) in [5, 5.41) is 10.4. The van der Waals surface area contributed by atoms with Gasteiger partial charge in [0.1, 0.15) is 0 Å². The molecule has 1 aromatic heterocycles. The van der Waals surface area contributed by atoms with Crippen LogP contribution >= 0.6 is 0 Å². The molecule has 0 aliphatic rings. The summed E-state index contributed by atoms with van der Waals surface area (Å²) in [4.78, 5) is 2.35. The summed E-state index contributed by atoms with van der Waals surface area (Å²) >= 11 is 0. The average molecular weight is 401 g/mol. The molecular weight excluding hydrogens is 360 g/mol. The van der Waals surface area contributed by atoms with E-state index in [1.807, 2.05) is 0 Å². The van der Waals surface area contributed by atoms with Gasteiger partial charge in [-0.1, -0.05) is 58.9 Å². The third kappa shape index (κ3) is 7.61. The first kappa shape index (κ1) is 23.7. The minimum absolute atomic E-state index is 0.178. The summed E-state index contributed by atoms with van der Waals surface area (Å²) in [5.41, 5.74) is 4.12. The maximum absolute atomic E-state index is 10.4. The third-order valence-corrected chi connectivity index (χ3v) is 5.52. The first-order valence-electron chi connectivity index (χ1n) is 10.8. The van der Waals surface area contributed by atoms with Gasteiger partial charge in [-0.25, -0.2) is 0 Å². The molecule has 0 bridgehead atoms. The number of aliphatic hydroxyl groups is 1. The summed E-state index contributed by atoms with van der Waals surface area (Å²) < 4.78 is 7.54. The SMILES string of the molecule is COCCCN(Cc1cccn1Cc1ccc(C(C)(C)C)cc1)CC(O)C(C)C. The van der Waals surface area contributed by atoms with Crippen molar-refractivity contribution < 1.29 is 9.84 Å². The van der Waals surface area contributed by atoms with Crippen molar-refractivity contribution in [2.24, 2.45) is 5.92 Å². The van der Waals surface area contributed by atoms with E-state index in [4.69, 9.17) is 4.74 Å². The van der Waals surface area contributed by atoms with E-state index < -0.39 is 0 Å². The van der Waals surface area contributed by atoms with Crippen molar-refractivity contribution in [3.05, 3.63) is 59.4 Å². The molecule has 2 rings (SSSR count). The Balaban J connectivity index is 2.07. The highest BCUT2D eigenvalue weighted by molar-refractivity contribution is 5.28. The monoisotopic (exact) mass is 400 g/mol. The molecule has 0 aliphatic carbocycles. The van der Waals surface area contributed by atoms with Gasteiger partial charge in [-0.15, -0.1) is 0 Å². The number of rotatable bonds is 11. The Labute approximate surface area is 177 Å². The Morgan fingerprint density at radius 2 is 1.79 bits per heavy atom. The predicted octanol–water partition coefficient (Wildman–Crippen LogP) is 4.69. The molecule has 0 amide bonds. The third-order valence-electron chi connectivity index (χ3n) is 5.52. The number of hydrogen-bond donors (Lipinski definition) is 1. The summed E-state index contributed by atoms with van der Waals surface area (Å²) in [5.74, 6) is 0.257. The quantitative estimate of drug-likeness (QED) is 0.556. The van der Waals surface area contributed by atoms with Crippen LogP contribution in [0.5, 0.6) is 0 Å². The van der Waals surface area contributed by atoms with E-state index in [-0.39, 0.29) is 17.4 Å². The summed E-state index contributed by atoms with van der Waals surface area (Å²) in [6, 6.07) is 13.3. The van der Waals surface area contributed by atoms with Crippen LogP contribution in [0, 0.1) is 5.92 Å². The zero-order chi connectivity index (χ0) is 21.4. The molecule has 0 fully saturated rings. The van der Waals surface area contributed by atoms with E-state index in [2.05, 4.69) is 86.7 Å². The van der Waals surface area contributed by atoms with E-state index in [9.17, 15) is 5.11 Å². The molecule has 0 aliphatic heterocycles. The van der Waals surface area contributed by atoms with Crippen molar-refractivity contribution in [2.45, 2.75) is 65.6 Å². The van der Waals surface area contributed by atoms with Gasteiger partial charge in [0.15, 0.2) is 0 Å². The van der Waals surface area contributed by atoms with Gasteiger partial charge < -0.3 is 14.4 Å². The van der Waals surface area contributed by atoms with Crippen LogP contribution in [0.25, 0.3) is 0 Å². The number of methoxy groups -OCH3 is 1. The lowest BCUT2D eigenvalue weighted by atomic mass is 9.87. The second-order valence-corrected chi connectivity index (χ2v) is 9.47. The lowest BCUT2D eigenvalue weighted by molar-refractivity contribution is 0.0674. The van der Waals surface area contributed by atoms with Crippen molar-refractivity contribution in [2.75, 3.05) is 26.8 Å². The van der Waals surface area contributed by atoms with Crippen molar-refractivity contribution in [1.82, 2.24) is 9.47 Å². The summed E-state index contributed by atoms with van der Waals surface area (Å²) in [6.45, 7) is 14.9. The second kappa shape index (κ2) is 11.0. The number of nitrogens with zero attached hydrogens (tertiary/aromatic N) is 2. The smallest absolute Gasteiger partial charge is 0.0690 e. The van der Waals surface area contributed by atoms with Gasteiger partial charge in [0, 0.05) is 51.8 Å². The Morgan fingerprint density at radius 1 is 1.10 bits per heavy atom. The number of benzene rings is 1. The zero-order valence-corrected chi connectivity index (χ0v) is 19.2. The zero-order valence-electron chi connectivity index (χ0n) is 19.2. The number of aromatic nitrogens is 1. The predicted molar refractivity (Wildman–Crippen MR) is 121 cm³/mol. The van der Waals surface area contributed by atoms with Crippen LogP contribution in [0.1, 0.15) is 57.9 Å². The normalized spacial score (nSPS) is 13.4. The molecule has 162 valence electrons. The van der Waals surface area contributed by atoms with Gasteiger partial charge in [-0.3, -0.25) is 4.90 Å². The average Bonchev–Trinajstić information content (AvgIpc) is 3.08. The molecular formula is C25H40N2O2. The van der Waals surface area contributed by atoms with Gasteiger partial charge in [-0.05, 0) is 41.0 Å². The molecule has 4 heteroatoms. The van der Waals surface area contributed by atoms with Crippen LogP contribution in [0.3, 0.4) is 0 Å². The molecule has 0 radical (unpaired) electrons. The molecule has 1 heterocycles. The van der Waals surface area contributed by atoms with E-state index in [1.54, 1.807) is 7.11 Å². The maximum atomic E-state index is 10.4. The highest BCUT2D eigenvalue weighted by Crippen LogP contribution is 2.22. The van der Waals surface area contributed by atoms with Gasteiger partial charge in [0.05, 0.1) is 6.10 Å². The molecule has 1 atom stereocenters. The molecule has 0 saturated heterocycles. The van der Waals surface area contributed by atoms with Crippen LogP contribution in [-0.4, -0.2) is 47.5 Å². The maximum Gasteiger partial charge on any atom is 0.0690 e. The van der Waals surface area contributed by atoms with Crippen LogP contribution in [0.2, 0.25) is 0 Å². The number of aliphatic hydroxyl groups excluding tert-OH is 1. The highest BCUT2D eigenvalue weighted by Gasteiger charge is 2.17. The Kier molecular flexibility index (Phi) is 8.94. The van der Waals surface area contributed by atoms with Gasteiger partial charge in [-0.2, -0.15) is 0 Å². The first-order chi connectivity index (χ1) is 13.7. The Hall–Kier alpha value is -1.62. The molecule has 1 unspecified atom stereocenters. The van der Waals surface area contributed by atoms with Crippen LogP contribution in [0.15, 0.2) is 42.6 Å². The molecule has 2 aromatic rings. The van der Waals surface area contributed by atoms with Crippen molar-refractivity contribution in [1.29, 1.82) is 0 Å². The fourth-order valence-electron chi connectivity index (χ4n) is 3.43. The van der Waals surface area contributed by atoms with Gasteiger partial charge >= 0.3 is 0 Å². The van der Waals surface area contributed by atoms with E-state index in [0.717, 1.165) is 32.7 Å².